The van der Waals surface area contributed by atoms with Gasteiger partial charge in [-0.2, -0.15) is 0 Å². The highest BCUT2D eigenvalue weighted by Crippen LogP contribution is 2.32. The first-order valence-corrected chi connectivity index (χ1v) is 12.1. The number of hydrogen-bond acceptors (Lipinski definition) is 7. The van der Waals surface area contributed by atoms with E-state index in [1.165, 1.54) is 23.1 Å². The standard InChI is InChI=1S/C25H30F2N4O2S/c1-16(18-6-8-24(28-13-18)32-15-22(26)27)31-10-9-17-5-7-20(11-19(17)14-31)34-30-23-12-21(33-29-23)25(2,3)4/h5-8,11-13,16,22H,9-10,14-15H2,1-4H3,(H,29,30). The highest BCUT2D eigenvalue weighted by atomic mass is 32.2. The van der Waals surface area contributed by atoms with Gasteiger partial charge in [0.2, 0.25) is 5.88 Å². The van der Waals surface area contributed by atoms with Crippen molar-refractivity contribution >= 4 is 17.8 Å². The Bertz CT molecular complexity index is 1100. The molecule has 1 atom stereocenters. The molecule has 0 amide bonds. The van der Waals surface area contributed by atoms with Crippen molar-refractivity contribution < 1.29 is 18.0 Å². The van der Waals surface area contributed by atoms with Crippen molar-refractivity contribution in [2.75, 3.05) is 17.9 Å². The van der Waals surface area contributed by atoms with E-state index in [1.54, 1.807) is 12.3 Å². The molecule has 1 aliphatic rings. The van der Waals surface area contributed by atoms with Crippen LogP contribution in [0.25, 0.3) is 0 Å². The zero-order valence-electron chi connectivity index (χ0n) is 19.8. The highest BCUT2D eigenvalue weighted by Gasteiger charge is 2.23. The van der Waals surface area contributed by atoms with Crippen molar-refractivity contribution in [1.29, 1.82) is 0 Å². The van der Waals surface area contributed by atoms with Crippen LogP contribution in [0.4, 0.5) is 14.6 Å². The molecule has 0 saturated heterocycles. The van der Waals surface area contributed by atoms with Crippen LogP contribution in [0, 0.1) is 0 Å². The Balaban J connectivity index is 1.37. The maximum atomic E-state index is 12.3. The van der Waals surface area contributed by atoms with Gasteiger partial charge >= 0.3 is 0 Å². The molecule has 0 saturated carbocycles. The lowest BCUT2D eigenvalue weighted by Gasteiger charge is -2.34. The van der Waals surface area contributed by atoms with E-state index < -0.39 is 13.0 Å². The van der Waals surface area contributed by atoms with E-state index in [2.05, 4.69) is 65.7 Å². The largest absolute Gasteiger partial charge is 0.472 e. The molecule has 0 spiro atoms. The van der Waals surface area contributed by atoms with Crippen LogP contribution in [0.3, 0.4) is 0 Å². The Morgan fingerprint density at radius 2 is 2.00 bits per heavy atom. The van der Waals surface area contributed by atoms with Gasteiger partial charge in [0.25, 0.3) is 6.43 Å². The van der Waals surface area contributed by atoms with Gasteiger partial charge in [0.1, 0.15) is 5.76 Å². The fraction of sp³-hybridized carbons (Fsp3) is 0.440. The number of anilines is 1. The van der Waals surface area contributed by atoms with E-state index >= 15 is 0 Å². The van der Waals surface area contributed by atoms with E-state index in [4.69, 9.17) is 9.26 Å². The van der Waals surface area contributed by atoms with Crippen molar-refractivity contribution in [2.24, 2.45) is 0 Å². The number of nitrogens with one attached hydrogen (secondary N) is 1. The SMILES string of the molecule is CC(c1ccc(OCC(F)F)nc1)N1CCc2ccc(SNc3cc(C(C)(C)C)on3)cc2C1. The van der Waals surface area contributed by atoms with Gasteiger partial charge in [-0.15, -0.1) is 0 Å². The lowest BCUT2D eigenvalue weighted by atomic mass is 9.93. The summed E-state index contributed by atoms with van der Waals surface area (Å²) in [6.07, 6.45) is 0.171. The first-order chi connectivity index (χ1) is 16.2. The Hall–Kier alpha value is -2.65. The molecule has 4 rings (SSSR count). The van der Waals surface area contributed by atoms with Gasteiger partial charge in [-0.25, -0.2) is 13.8 Å². The predicted octanol–water partition coefficient (Wildman–Crippen LogP) is 6.25. The molecule has 0 radical (unpaired) electrons. The normalized spacial score (nSPS) is 15.3. The molecule has 6 nitrogen and oxygen atoms in total. The maximum absolute atomic E-state index is 12.3. The molecule has 2 aromatic heterocycles. The summed E-state index contributed by atoms with van der Waals surface area (Å²) < 4.78 is 38.4. The molecule has 9 heteroatoms. The Morgan fingerprint density at radius 1 is 1.18 bits per heavy atom. The summed E-state index contributed by atoms with van der Waals surface area (Å²) in [7, 11) is 0. The van der Waals surface area contributed by atoms with E-state index in [0.717, 1.165) is 35.7 Å². The van der Waals surface area contributed by atoms with E-state index in [1.807, 2.05) is 12.1 Å². The number of benzene rings is 1. The molecule has 0 bridgehead atoms. The second-order valence-corrected chi connectivity index (χ2v) is 10.4. The number of alkyl halides is 2. The molecule has 1 aromatic carbocycles. The minimum absolute atomic E-state index is 0.0850. The van der Waals surface area contributed by atoms with Gasteiger partial charge in [0.15, 0.2) is 12.4 Å². The molecular formula is C25H30F2N4O2S. The molecule has 1 unspecified atom stereocenters. The number of rotatable bonds is 8. The number of ether oxygens (including phenoxy) is 1. The second-order valence-electron chi connectivity index (χ2n) is 9.49. The van der Waals surface area contributed by atoms with Gasteiger partial charge < -0.3 is 14.0 Å². The molecule has 1 N–H and O–H groups in total. The van der Waals surface area contributed by atoms with Crippen LogP contribution in [0.15, 0.2) is 52.0 Å². The van der Waals surface area contributed by atoms with Crippen molar-refractivity contribution in [2.45, 2.75) is 63.4 Å². The lowest BCUT2D eigenvalue weighted by Crippen LogP contribution is -2.33. The first kappa shape index (κ1) is 24.5. The van der Waals surface area contributed by atoms with Gasteiger partial charge in [0.05, 0.1) is 0 Å². The fourth-order valence-corrected chi connectivity index (χ4v) is 4.48. The smallest absolute Gasteiger partial charge is 0.272 e. The number of halogens is 2. The molecule has 34 heavy (non-hydrogen) atoms. The van der Waals surface area contributed by atoms with Crippen molar-refractivity contribution in [1.82, 2.24) is 15.0 Å². The van der Waals surface area contributed by atoms with Gasteiger partial charge in [0, 0.05) is 47.8 Å². The average molecular weight is 489 g/mol. The topological polar surface area (TPSA) is 63.4 Å². The minimum atomic E-state index is -2.51. The molecular weight excluding hydrogens is 458 g/mol. The lowest BCUT2D eigenvalue weighted by molar-refractivity contribution is 0.0795. The average Bonchev–Trinajstić information content (AvgIpc) is 3.30. The third-order valence-electron chi connectivity index (χ3n) is 5.89. The second kappa shape index (κ2) is 10.3. The molecule has 0 aliphatic carbocycles. The van der Waals surface area contributed by atoms with Crippen molar-refractivity contribution in [3.05, 3.63) is 65.0 Å². The maximum Gasteiger partial charge on any atom is 0.272 e. The van der Waals surface area contributed by atoms with Gasteiger partial charge in [-0.3, -0.25) is 4.90 Å². The molecule has 0 fully saturated rings. The third-order valence-corrected chi connectivity index (χ3v) is 6.69. The summed E-state index contributed by atoms with van der Waals surface area (Å²) >= 11 is 1.52. The third kappa shape index (κ3) is 6.07. The summed E-state index contributed by atoms with van der Waals surface area (Å²) in [5.41, 5.74) is 3.60. The van der Waals surface area contributed by atoms with Crippen molar-refractivity contribution in [3.63, 3.8) is 0 Å². The molecule has 1 aliphatic heterocycles. The fourth-order valence-electron chi connectivity index (χ4n) is 3.82. The zero-order chi connectivity index (χ0) is 24.3. The Morgan fingerprint density at radius 3 is 2.68 bits per heavy atom. The van der Waals surface area contributed by atoms with Crippen LogP contribution >= 0.6 is 11.9 Å². The number of nitrogens with zero attached hydrogens (tertiary/aromatic N) is 3. The first-order valence-electron chi connectivity index (χ1n) is 11.3. The van der Waals surface area contributed by atoms with Gasteiger partial charge in [-0.05, 0) is 54.1 Å². The Labute approximate surface area is 203 Å². The van der Waals surface area contributed by atoms with Crippen molar-refractivity contribution in [3.8, 4) is 5.88 Å². The summed E-state index contributed by atoms with van der Waals surface area (Å²) in [5, 5.41) is 4.11. The van der Waals surface area contributed by atoms with Crippen LogP contribution in [-0.4, -0.2) is 34.6 Å². The molecule has 182 valence electrons. The summed E-state index contributed by atoms with van der Waals surface area (Å²) in [4.78, 5) is 7.69. The van der Waals surface area contributed by atoms with Gasteiger partial charge in [-0.1, -0.05) is 38.1 Å². The summed E-state index contributed by atoms with van der Waals surface area (Å²) in [6.45, 7) is 9.53. The Kier molecular flexibility index (Phi) is 7.42. The monoisotopic (exact) mass is 488 g/mol. The minimum Gasteiger partial charge on any atom is -0.472 e. The van der Waals surface area contributed by atoms with Crippen LogP contribution in [0.5, 0.6) is 5.88 Å². The quantitative estimate of drug-likeness (QED) is 0.376. The molecule has 3 heterocycles. The predicted molar refractivity (Wildman–Crippen MR) is 129 cm³/mol. The highest BCUT2D eigenvalue weighted by molar-refractivity contribution is 8.00. The van der Waals surface area contributed by atoms with Crippen LogP contribution < -0.4 is 9.46 Å². The number of fused-ring (bicyclic) bond motifs is 1. The van der Waals surface area contributed by atoms with E-state index in [0.29, 0.717) is 5.82 Å². The summed E-state index contributed by atoms with van der Waals surface area (Å²) in [5.74, 6) is 1.77. The van der Waals surface area contributed by atoms with Crippen LogP contribution in [0.1, 0.15) is 56.2 Å². The number of pyridine rings is 1. The number of hydrogen-bond donors (Lipinski definition) is 1. The van der Waals surface area contributed by atoms with Crippen LogP contribution in [0.2, 0.25) is 0 Å². The molecule has 3 aromatic rings. The zero-order valence-corrected chi connectivity index (χ0v) is 20.7. The van der Waals surface area contributed by atoms with E-state index in [-0.39, 0.29) is 17.3 Å². The van der Waals surface area contributed by atoms with Crippen LogP contribution in [-0.2, 0) is 18.4 Å². The summed E-state index contributed by atoms with van der Waals surface area (Å²) in [6, 6.07) is 12.2. The van der Waals surface area contributed by atoms with E-state index in [9.17, 15) is 8.78 Å². The number of aromatic nitrogens is 2.